The van der Waals surface area contributed by atoms with Gasteiger partial charge in [0.1, 0.15) is 5.75 Å². The highest BCUT2D eigenvalue weighted by molar-refractivity contribution is 5.99. The van der Waals surface area contributed by atoms with Crippen LogP contribution in [0.1, 0.15) is 27.2 Å². The van der Waals surface area contributed by atoms with Gasteiger partial charge in [-0.05, 0) is 54.8 Å². The molecule has 0 aliphatic carbocycles. The van der Waals surface area contributed by atoms with Crippen molar-refractivity contribution in [3.05, 3.63) is 58.8 Å². The Kier molecular flexibility index (Phi) is 5.01. The van der Waals surface area contributed by atoms with Gasteiger partial charge in [0.15, 0.2) is 11.5 Å². The van der Waals surface area contributed by atoms with Crippen LogP contribution >= 0.6 is 0 Å². The van der Waals surface area contributed by atoms with Crippen LogP contribution in [0.5, 0.6) is 17.2 Å². The van der Waals surface area contributed by atoms with Crippen molar-refractivity contribution in [2.45, 2.75) is 19.9 Å². The maximum atomic E-state index is 13.3. The molecule has 0 spiro atoms. The predicted octanol–water partition coefficient (Wildman–Crippen LogP) is 3.77. The van der Waals surface area contributed by atoms with E-state index in [1.165, 1.54) is 5.56 Å². The number of hydrogen-bond donors (Lipinski definition) is 0. The molecule has 29 heavy (non-hydrogen) atoms. The number of carbonyl (C=O) groups excluding carboxylic acids is 1. The Morgan fingerprint density at radius 2 is 1.69 bits per heavy atom. The number of aryl methyl sites for hydroxylation is 1. The predicted molar refractivity (Wildman–Crippen MR) is 111 cm³/mol. The lowest BCUT2D eigenvalue weighted by molar-refractivity contribution is 0.0733. The first kappa shape index (κ1) is 19.1. The number of nitrogens with zero attached hydrogens (tertiary/aromatic N) is 2. The molecule has 4 rings (SSSR count). The molecule has 2 heterocycles. The standard InChI is InChI=1S/C23H24N2O4/c1-14-19(9-16-5-6-18(27-2)12-20(16)24-14)23(26)25-8-7-15-10-21(28-3)22(29-4)11-17(15)13-25/h5-6,9-12H,7-8,13H2,1-4H3. The molecule has 2 aromatic carbocycles. The number of aromatic nitrogens is 1. The fourth-order valence-electron chi connectivity index (χ4n) is 3.81. The molecule has 1 amide bonds. The van der Waals surface area contributed by atoms with E-state index in [9.17, 15) is 4.79 Å². The highest BCUT2D eigenvalue weighted by Crippen LogP contribution is 2.34. The third kappa shape index (κ3) is 3.46. The first-order valence-corrected chi connectivity index (χ1v) is 9.52. The van der Waals surface area contributed by atoms with Crippen molar-refractivity contribution in [1.82, 2.24) is 9.88 Å². The van der Waals surface area contributed by atoms with Crippen molar-refractivity contribution in [2.24, 2.45) is 0 Å². The monoisotopic (exact) mass is 392 g/mol. The van der Waals surface area contributed by atoms with Gasteiger partial charge in [-0.15, -0.1) is 0 Å². The largest absolute Gasteiger partial charge is 0.497 e. The van der Waals surface area contributed by atoms with Crippen LogP contribution < -0.4 is 14.2 Å². The molecule has 3 aromatic rings. The Morgan fingerprint density at radius 3 is 2.38 bits per heavy atom. The van der Waals surface area contributed by atoms with Crippen LogP contribution in [0, 0.1) is 6.92 Å². The van der Waals surface area contributed by atoms with Crippen LogP contribution in [0.15, 0.2) is 36.4 Å². The summed E-state index contributed by atoms with van der Waals surface area (Å²) in [5, 5.41) is 0.920. The summed E-state index contributed by atoms with van der Waals surface area (Å²) in [7, 11) is 4.88. The average molecular weight is 392 g/mol. The number of ether oxygens (including phenoxy) is 3. The highest BCUT2D eigenvalue weighted by atomic mass is 16.5. The van der Waals surface area contributed by atoms with E-state index in [0.717, 1.165) is 34.4 Å². The van der Waals surface area contributed by atoms with Gasteiger partial charge in [-0.25, -0.2) is 0 Å². The van der Waals surface area contributed by atoms with Crippen LogP contribution in [0.4, 0.5) is 0 Å². The third-order valence-corrected chi connectivity index (χ3v) is 5.45. The lowest BCUT2D eigenvalue weighted by Crippen LogP contribution is -2.36. The fraction of sp³-hybridized carbons (Fsp3) is 0.304. The maximum absolute atomic E-state index is 13.3. The lowest BCUT2D eigenvalue weighted by Gasteiger charge is -2.30. The number of hydrogen-bond acceptors (Lipinski definition) is 5. The van der Waals surface area contributed by atoms with E-state index in [-0.39, 0.29) is 5.91 Å². The number of amides is 1. The van der Waals surface area contributed by atoms with Crippen molar-refractivity contribution in [3.63, 3.8) is 0 Å². The van der Waals surface area contributed by atoms with E-state index in [4.69, 9.17) is 14.2 Å². The fourth-order valence-corrected chi connectivity index (χ4v) is 3.81. The molecule has 0 N–H and O–H groups in total. The normalized spacial score (nSPS) is 13.2. The zero-order valence-electron chi connectivity index (χ0n) is 17.1. The zero-order chi connectivity index (χ0) is 20.5. The van der Waals surface area contributed by atoms with Gasteiger partial charge in [-0.2, -0.15) is 0 Å². The Morgan fingerprint density at radius 1 is 0.966 bits per heavy atom. The summed E-state index contributed by atoms with van der Waals surface area (Å²) in [4.78, 5) is 19.8. The van der Waals surface area contributed by atoms with E-state index < -0.39 is 0 Å². The van der Waals surface area contributed by atoms with Crippen molar-refractivity contribution < 1.29 is 19.0 Å². The van der Waals surface area contributed by atoms with Gasteiger partial charge >= 0.3 is 0 Å². The minimum absolute atomic E-state index is 0.00634. The van der Waals surface area contributed by atoms with Gasteiger partial charge in [0.2, 0.25) is 0 Å². The van der Waals surface area contributed by atoms with Crippen LogP contribution in [0.2, 0.25) is 0 Å². The SMILES string of the molecule is COc1ccc2cc(C(=O)N3CCc4cc(OC)c(OC)cc4C3)c(C)nc2c1. The van der Waals surface area contributed by atoms with E-state index >= 15 is 0 Å². The summed E-state index contributed by atoms with van der Waals surface area (Å²) in [6, 6.07) is 11.6. The van der Waals surface area contributed by atoms with Gasteiger partial charge in [-0.1, -0.05) is 0 Å². The van der Waals surface area contributed by atoms with Crippen molar-refractivity contribution in [3.8, 4) is 17.2 Å². The van der Waals surface area contributed by atoms with Gasteiger partial charge in [-0.3, -0.25) is 9.78 Å². The summed E-state index contributed by atoms with van der Waals surface area (Å²) in [6.07, 6.45) is 0.776. The van der Waals surface area contributed by atoms with Gasteiger partial charge < -0.3 is 19.1 Å². The molecule has 0 saturated heterocycles. The molecule has 0 saturated carbocycles. The third-order valence-electron chi connectivity index (χ3n) is 5.45. The van der Waals surface area contributed by atoms with Gasteiger partial charge in [0, 0.05) is 24.5 Å². The number of pyridine rings is 1. The summed E-state index contributed by atoms with van der Waals surface area (Å²) in [5.74, 6) is 2.14. The molecular formula is C23H24N2O4. The van der Waals surface area contributed by atoms with Gasteiger partial charge in [0.25, 0.3) is 5.91 Å². The number of methoxy groups -OCH3 is 3. The molecule has 6 nitrogen and oxygen atoms in total. The van der Waals surface area contributed by atoms with E-state index in [1.807, 2.05) is 48.2 Å². The molecule has 0 fully saturated rings. The molecule has 0 bridgehead atoms. The minimum Gasteiger partial charge on any atom is -0.497 e. The quantitative estimate of drug-likeness (QED) is 0.676. The topological polar surface area (TPSA) is 60.9 Å². The molecule has 0 radical (unpaired) electrons. The Balaban J connectivity index is 1.64. The number of fused-ring (bicyclic) bond motifs is 2. The molecule has 6 heteroatoms. The van der Waals surface area contributed by atoms with Crippen LogP contribution in [-0.4, -0.2) is 43.7 Å². The second-order valence-corrected chi connectivity index (χ2v) is 7.13. The van der Waals surface area contributed by atoms with Crippen LogP contribution in [-0.2, 0) is 13.0 Å². The van der Waals surface area contributed by atoms with Gasteiger partial charge in [0.05, 0.1) is 38.1 Å². The lowest BCUT2D eigenvalue weighted by atomic mass is 9.98. The Bertz CT molecular complexity index is 1090. The molecule has 150 valence electrons. The Hall–Kier alpha value is -3.28. The van der Waals surface area contributed by atoms with Crippen LogP contribution in [0.3, 0.4) is 0 Å². The highest BCUT2D eigenvalue weighted by Gasteiger charge is 2.25. The maximum Gasteiger partial charge on any atom is 0.256 e. The smallest absolute Gasteiger partial charge is 0.256 e. The van der Waals surface area contributed by atoms with Crippen LogP contribution in [0.25, 0.3) is 10.9 Å². The summed E-state index contributed by atoms with van der Waals surface area (Å²) in [6.45, 7) is 3.06. The molecular weight excluding hydrogens is 368 g/mol. The summed E-state index contributed by atoms with van der Waals surface area (Å²) < 4.78 is 16.1. The second kappa shape index (κ2) is 7.62. The van der Waals surface area contributed by atoms with E-state index in [0.29, 0.717) is 30.1 Å². The number of rotatable bonds is 4. The minimum atomic E-state index is -0.00634. The Labute approximate surface area is 170 Å². The van der Waals surface area contributed by atoms with Crippen molar-refractivity contribution in [1.29, 1.82) is 0 Å². The van der Waals surface area contributed by atoms with E-state index in [1.54, 1.807) is 21.3 Å². The molecule has 1 aromatic heterocycles. The zero-order valence-corrected chi connectivity index (χ0v) is 17.1. The average Bonchev–Trinajstić information content (AvgIpc) is 2.76. The molecule has 1 aliphatic heterocycles. The molecule has 0 unspecified atom stereocenters. The summed E-state index contributed by atoms with van der Waals surface area (Å²) >= 11 is 0. The molecule has 1 aliphatic rings. The second-order valence-electron chi connectivity index (χ2n) is 7.13. The molecule has 0 atom stereocenters. The first-order chi connectivity index (χ1) is 14.0. The number of benzene rings is 2. The summed E-state index contributed by atoms with van der Waals surface area (Å²) in [5.41, 5.74) is 4.44. The van der Waals surface area contributed by atoms with Crippen molar-refractivity contribution in [2.75, 3.05) is 27.9 Å². The van der Waals surface area contributed by atoms with E-state index in [2.05, 4.69) is 4.98 Å². The first-order valence-electron chi connectivity index (χ1n) is 9.52. The number of carbonyl (C=O) groups is 1. The van der Waals surface area contributed by atoms with Crippen molar-refractivity contribution >= 4 is 16.8 Å².